The lowest BCUT2D eigenvalue weighted by atomic mass is 10.1. The molecule has 3 aromatic rings. The highest BCUT2D eigenvalue weighted by Crippen LogP contribution is 2.22. The van der Waals surface area contributed by atoms with Crippen molar-refractivity contribution in [1.82, 2.24) is 0 Å². The molecule has 0 fully saturated rings. The van der Waals surface area contributed by atoms with Crippen LogP contribution in [0.25, 0.3) is 11.1 Å². The predicted octanol–water partition coefficient (Wildman–Crippen LogP) is 4.38. The molecule has 3 aromatic carbocycles. The Kier molecular flexibility index (Phi) is 5.79. The minimum absolute atomic E-state index is 0.0808. The second kappa shape index (κ2) is 8.62. The van der Waals surface area contributed by atoms with E-state index in [9.17, 15) is 14.9 Å². The molecule has 0 atom stereocenters. The van der Waals surface area contributed by atoms with E-state index in [2.05, 4.69) is 0 Å². The number of nitro groups is 1. The molecule has 0 N–H and O–H groups in total. The van der Waals surface area contributed by atoms with Crippen LogP contribution in [-0.2, 0) is 16.1 Å². The zero-order valence-electron chi connectivity index (χ0n) is 14.4. The molecule has 0 unspecified atom stereocenters. The highest BCUT2D eigenvalue weighted by atomic mass is 16.6. The standard InChI is InChI=1S/C21H17NO5/c23-21(27-14-18-8-4-5-9-20(18)22(24)25)15-26-19-12-10-17(11-13-19)16-6-2-1-3-7-16/h1-13H,14-15H2. The Balaban J connectivity index is 1.52. The highest BCUT2D eigenvalue weighted by Gasteiger charge is 2.14. The number of benzene rings is 3. The molecular weight excluding hydrogens is 346 g/mol. The number of nitrogens with zero attached hydrogens (tertiary/aromatic N) is 1. The molecule has 0 amide bonds. The van der Waals surface area contributed by atoms with Gasteiger partial charge in [-0.15, -0.1) is 0 Å². The van der Waals surface area contributed by atoms with Gasteiger partial charge < -0.3 is 9.47 Å². The number of hydrogen-bond acceptors (Lipinski definition) is 5. The number of hydrogen-bond donors (Lipinski definition) is 0. The van der Waals surface area contributed by atoms with Crippen molar-refractivity contribution in [2.45, 2.75) is 6.61 Å². The van der Waals surface area contributed by atoms with E-state index >= 15 is 0 Å². The maximum Gasteiger partial charge on any atom is 0.344 e. The lowest BCUT2D eigenvalue weighted by Gasteiger charge is -2.08. The van der Waals surface area contributed by atoms with Gasteiger partial charge in [0, 0.05) is 6.07 Å². The van der Waals surface area contributed by atoms with Gasteiger partial charge in [-0.3, -0.25) is 10.1 Å². The maximum absolute atomic E-state index is 11.8. The molecule has 6 nitrogen and oxygen atoms in total. The third kappa shape index (κ3) is 4.92. The first kappa shape index (κ1) is 18.1. The van der Waals surface area contributed by atoms with Gasteiger partial charge in [0.05, 0.1) is 10.5 Å². The number of carbonyl (C=O) groups excluding carboxylic acids is 1. The number of esters is 1. The second-order valence-electron chi connectivity index (χ2n) is 5.73. The van der Waals surface area contributed by atoms with Gasteiger partial charge in [0.15, 0.2) is 6.61 Å². The Labute approximate surface area is 156 Å². The van der Waals surface area contributed by atoms with E-state index in [1.807, 2.05) is 42.5 Å². The molecule has 0 heterocycles. The Morgan fingerprint density at radius 3 is 2.19 bits per heavy atom. The molecule has 0 saturated carbocycles. The summed E-state index contributed by atoms with van der Waals surface area (Å²) in [6.07, 6.45) is 0. The van der Waals surface area contributed by atoms with Crippen LogP contribution in [0, 0.1) is 10.1 Å². The molecule has 0 saturated heterocycles. The van der Waals surface area contributed by atoms with Crippen LogP contribution in [0.1, 0.15) is 5.56 Å². The summed E-state index contributed by atoms with van der Waals surface area (Å²) in [4.78, 5) is 22.3. The lowest BCUT2D eigenvalue weighted by molar-refractivity contribution is -0.385. The monoisotopic (exact) mass is 363 g/mol. The average molecular weight is 363 g/mol. The second-order valence-corrected chi connectivity index (χ2v) is 5.73. The molecule has 6 heteroatoms. The van der Waals surface area contributed by atoms with E-state index in [0.29, 0.717) is 11.3 Å². The summed E-state index contributed by atoms with van der Waals surface area (Å²) in [5.41, 5.74) is 2.39. The Bertz CT molecular complexity index is 923. The normalized spacial score (nSPS) is 10.2. The summed E-state index contributed by atoms with van der Waals surface area (Å²) >= 11 is 0. The molecule has 3 rings (SSSR count). The van der Waals surface area contributed by atoms with Crippen LogP contribution in [0.3, 0.4) is 0 Å². The predicted molar refractivity (Wildman–Crippen MR) is 100 cm³/mol. The van der Waals surface area contributed by atoms with Crippen LogP contribution in [0.4, 0.5) is 5.69 Å². The van der Waals surface area contributed by atoms with Gasteiger partial charge in [-0.25, -0.2) is 4.79 Å². The fraction of sp³-hybridized carbons (Fsp3) is 0.0952. The van der Waals surface area contributed by atoms with E-state index in [1.165, 1.54) is 6.07 Å². The first-order chi connectivity index (χ1) is 13.1. The molecule has 0 radical (unpaired) electrons. The van der Waals surface area contributed by atoms with Crippen molar-refractivity contribution < 1.29 is 19.2 Å². The van der Waals surface area contributed by atoms with Gasteiger partial charge in [-0.1, -0.05) is 54.6 Å². The summed E-state index contributed by atoms with van der Waals surface area (Å²) in [6, 6.07) is 23.4. The Morgan fingerprint density at radius 2 is 1.48 bits per heavy atom. The zero-order chi connectivity index (χ0) is 19.1. The summed E-state index contributed by atoms with van der Waals surface area (Å²) in [6.45, 7) is -0.447. The molecule has 0 spiro atoms. The van der Waals surface area contributed by atoms with Gasteiger partial charge in [0.2, 0.25) is 0 Å². The third-order valence-corrected chi connectivity index (χ3v) is 3.90. The van der Waals surface area contributed by atoms with Crippen LogP contribution in [0.15, 0.2) is 78.9 Å². The summed E-state index contributed by atoms with van der Waals surface area (Å²) in [7, 11) is 0. The molecule has 0 aliphatic rings. The van der Waals surface area contributed by atoms with Crippen LogP contribution >= 0.6 is 0 Å². The molecule has 0 aliphatic carbocycles. The van der Waals surface area contributed by atoms with E-state index in [0.717, 1.165) is 11.1 Å². The Morgan fingerprint density at radius 1 is 0.852 bits per heavy atom. The van der Waals surface area contributed by atoms with Gasteiger partial charge >= 0.3 is 5.97 Å². The van der Waals surface area contributed by atoms with Crippen molar-refractivity contribution in [1.29, 1.82) is 0 Å². The number of nitro benzene ring substituents is 1. The maximum atomic E-state index is 11.8. The minimum Gasteiger partial charge on any atom is -0.482 e. The number of rotatable bonds is 7. The van der Waals surface area contributed by atoms with Crippen molar-refractivity contribution in [2.24, 2.45) is 0 Å². The SMILES string of the molecule is O=C(COc1ccc(-c2ccccc2)cc1)OCc1ccccc1[N+](=O)[O-]. The van der Waals surface area contributed by atoms with E-state index < -0.39 is 10.9 Å². The van der Waals surface area contributed by atoms with Crippen molar-refractivity contribution in [3.63, 3.8) is 0 Å². The topological polar surface area (TPSA) is 78.7 Å². The third-order valence-electron chi connectivity index (χ3n) is 3.90. The average Bonchev–Trinajstić information content (AvgIpc) is 2.72. The summed E-state index contributed by atoms with van der Waals surface area (Å²) in [5, 5.41) is 10.9. The van der Waals surface area contributed by atoms with Crippen molar-refractivity contribution >= 4 is 11.7 Å². The fourth-order valence-corrected chi connectivity index (χ4v) is 2.53. The molecule has 27 heavy (non-hydrogen) atoms. The zero-order valence-corrected chi connectivity index (χ0v) is 14.4. The summed E-state index contributed by atoms with van der Waals surface area (Å²) < 4.78 is 10.5. The Hall–Kier alpha value is -3.67. The minimum atomic E-state index is -0.597. The van der Waals surface area contributed by atoms with Gasteiger partial charge in [0.25, 0.3) is 5.69 Å². The first-order valence-corrected chi connectivity index (χ1v) is 8.29. The quantitative estimate of drug-likeness (QED) is 0.353. The number of carbonyl (C=O) groups is 1. The molecule has 0 bridgehead atoms. The molecule has 0 aliphatic heterocycles. The van der Waals surface area contributed by atoms with Gasteiger partial charge in [-0.05, 0) is 29.3 Å². The largest absolute Gasteiger partial charge is 0.482 e. The first-order valence-electron chi connectivity index (χ1n) is 8.29. The van der Waals surface area contributed by atoms with E-state index in [1.54, 1.807) is 30.3 Å². The molecule has 136 valence electrons. The van der Waals surface area contributed by atoms with Gasteiger partial charge in [0.1, 0.15) is 12.4 Å². The van der Waals surface area contributed by atoms with Crippen LogP contribution in [0.5, 0.6) is 5.75 Å². The fourth-order valence-electron chi connectivity index (χ4n) is 2.53. The number of para-hydroxylation sites is 1. The lowest BCUT2D eigenvalue weighted by Crippen LogP contribution is -2.15. The molecular formula is C21H17NO5. The van der Waals surface area contributed by atoms with E-state index in [4.69, 9.17) is 9.47 Å². The van der Waals surface area contributed by atoms with Crippen LogP contribution in [0.2, 0.25) is 0 Å². The van der Waals surface area contributed by atoms with Crippen molar-refractivity contribution in [3.8, 4) is 16.9 Å². The van der Waals surface area contributed by atoms with E-state index in [-0.39, 0.29) is 18.9 Å². The smallest absolute Gasteiger partial charge is 0.344 e. The van der Waals surface area contributed by atoms with Crippen molar-refractivity contribution in [3.05, 3.63) is 94.5 Å². The summed E-state index contributed by atoms with van der Waals surface area (Å²) in [5.74, 6) is -0.0578. The van der Waals surface area contributed by atoms with Crippen LogP contribution in [-0.4, -0.2) is 17.5 Å². The van der Waals surface area contributed by atoms with Crippen molar-refractivity contribution in [2.75, 3.05) is 6.61 Å². The van der Waals surface area contributed by atoms with Crippen LogP contribution < -0.4 is 4.74 Å². The highest BCUT2D eigenvalue weighted by molar-refractivity contribution is 5.71. The van der Waals surface area contributed by atoms with Gasteiger partial charge in [-0.2, -0.15) is 0 Å². The molecule has 0 aromatic heterocycles. The number of ether oxygens (including phenoxy) is 2.